The average molecular weight is 519 g/mol. The van der Waals surface area contributed by atoms with Gasteiger partial charge in [-0.1, -0.05) is 42.8 Å². The van der Waals surface area contributed by atoms with Crippen LogP contribution in [0.25, 0.3) is 11.1 Å². The minimum absolute atomic E-state index is 0.00926. The quantitative estimate of drug-likeness (QED) is 0.108. The number of carbonyl (C=O) groups excluding carboxylic acids is 1. The van der Waals surface area contributed by atoms with Crippen LogP contribution in [0.4, 0.5) is 11.4 Å². The summed E-state index contributed by atoms with van der Waals surface area (Å²) < 4.78 is 0. The summed E-state index contributed by atoms with van der Waals surface area (Å²) in [5.74, 6) is 0.921. The van der Waals surface area contributed by atoms with E-state index in [2.05, 4.69) is 30.4 Å². The smallest absolute Gasteiger partial charge is 0.290 e. The Labute approximate surface area is 224 Å². The number of aromatic hydroxyl groups is 1. The van der Waals surface area contributed by atoms with Crippen LogP contribution in [0.15, 0.2) is 54.6 Å². The van der Waals surface area contributed by atoms with Gasteiger partial charge in [0.2, 0.25) is 0 Å². The number of nitrogens with two attached hydrogens (primary N) is 1. The number of benzene rings is 3. The van der Waals surface area contributed by atoms with Gasteiger partial charge in [0, 0.05) is 18.3 Å². The lowest BCUT2D eigenvalue weighted by atomic mass is 10.00. The lowest BCUT2D eigenvalue weighted by Crippen LogP contribution is -2.07. The number of carbonyl (C=O) groups is 2. The number of phenols is 1. The molecule has 8 heteroatoms. The Balaban J connectivity index is 0.000000289. The van der Waals surface area contributed by atoms with Crippen LogP contribution in [0.5, 0.6) is 5.75 Å². The summed E-state index contributed by atoms with van der Waals surface area (Å²) in [6.45, 7) is 7.46. The Bertz CT molecular complexity index is 1270. The molecule has 3 aromatic rings. The summed E-state index contributed by atoms with van der Waals surface area (Å²) in [4.78, 5) is 17.9. The van der Waals surface area contributed by atoms with Gasteiger partial charge in [-0.3, -0.25) is 15.0 Å². The third kappa shape index (κ3) is 9.54. The molecule has 8 nitrogen and oxygen atoms in total. The summed E-state index contributed by atoms with van der Waals surface area (Å²) >= 11 is 0. The van der Waals surface area contributed by atoms with Crippen LogP contribution in [0, 0.1) is 24.7 Å². The SMILES string of the molecule is CC(=N)C(=N)C=O.CNc1ccc2c(c1)C(C)CC2.Cc1cccc(-c2cc(C)cc(N)c2O)c1.O=CO. The monoisotopic (exact) mass is 518 g/mol. The number of hydrogen-bond acceptors (Lipinski definition) is 7. The van der Waals surface area contributed by atoms with Crippen molar-refractivity contribution in [3.05, 3.63) is 76.9 Å². The molecule has 1 atom stereocenters. The highest BCUT2D eigenvalue weighted by Gasteiger charge is 2.17. The van der Waals surface area contributed by atoms with Gasteiger partial charge in [-0.2, -0.15) is 0 Å². The van der Waals surface area contributed by atoms with Crippen LogP contribution >= 0.6 is 0 Å². The molecule has 1 aliphatic rings. The summed E-state index contributed by atoms with van der Waals surface area (Å²) in [5.41, 5.74) is 14.3. The van der Waals surface area contributed by atoms with E-state index >= 15 is 0 Å². The standard InChI is InChI=1S/C14H15NO.C11H15N.C4H6N2O.CH2O2/c1-9-4-3-5-11(6-9)12-7-10(2)8-13(15)14(12)16;1-8-3-4-9-5-6-10(12-2)7-11(8)9;1-3(5)4(6)2-7;2-1-3/h3-8,16H,15H2,1-2H3;5-8,12H,3-4H2,1-2H3;2,5-6H,1H3;1H,(H,2,3). The van der Waals surface area contributed by atoms with Gasteiger partial charge < -0.3 is 26.7 Å². The zero-order chi connectivity index (χ0) is 28.8. The molecule has 0 aromatic heterocycles. The van der Waals surface area contributed by atoms with E-state index in [0.29, 0.717) is 12.0 Å². The highest BCUT2D eigenvalue weighted by molar-refractivity contribution is 6.59. The molecule has 4 rings (SSSR count). The normalized spacial score (nSPS) is 12.6. The third-order valence-corrected chi connectivity index (χ3v) is 5.95. The number of hydrogen-bond donors (Lipinski definition) is 6. The fraction of sp³-hybridized carbons (Fsp3) is 0.267. The molecule has 0 saturated heterocycles. The van der Waals surface area contributed by atoms with Crippen molar-refractivity contribution in [1.82, 2.24) is 0 Å². The number of anilines is 2. The molecule has 1 unspecified atom stereocenters. The van der Waals surface area contributed by atoms with Gasteiger partial charge in [-0.05, 0) is 86.1 Å². The molecule has 0 fully saturated rings. The van der Waals surface area contributed by atoms with E-state index in [4.69, 9.17) is 26.5 Å². The number of rotatable bonds is 4. The predicted molar refractivity (Wildman–Crippen MR) is 156 cm³/mol. The zero-order valence-electron chi connectivity index (χ0n) is 22.6. The Kier molecular flexibility index (Phi) is 13.0. The first-order valence-corrected chi connectivity index (χ1v) is 12.1. The first kappa shape index (κ1) is 31.6. The van der Waals surface area contributed by atoms with E-state index < -0.39 is 0 Å². The van der Waals surface area contributed by atoms with Crippen LogP contribution in [-0.2, 0) is 16.0 Å². The summed E-state index contributed by atoms with van der Waals surface area (Å²) in [7, 11) is 1.97. The van der Waals surface area contributed by atoms with Crippen molar-refractivity contribution < 1.29 is 19.8 Å². The van der Waals surface area contributed by atoms with Crippen molar-refractivity contribution in [1.29, 1.82) is 10.8 Å². The zero-order valence-corrected chi connectivity index (χ0v) is 22.6. The molecule has 3 aromatic carbocycles. The van der Waals surface area contributed by atoms with Crippen LogP contribution in [0.2, 0.25) is 0 Å². The molecular weight excluding hydrogens is 480 g/mol. The van der Waals surface area contributed by atoms with Crippen molar-refractivity contribution in [3.8, 4) is 16.9 Å². The molecule has 0 bridgehead atoms. The molecule has 0 amide bonds. The molecule has 0 spiro atoms. The predicted octanol–water partition coefficient (Wildman–Crippen LogP) is 5.98. The van der Waals surface area contributed by atoms with E-state index in [-0.39, 0.29) is 23.6 Å². The Morgan fingerprint density at radius 2 is 1.71 bits per heavy atom. The second kappa shape index (κ2) is 15.6. The molecule has 0 radical (unpaired) electrons. The van der Waals surface area contributed by atoms with Crippen molar-refractivity contribution in [2.75, 3.05) is 18.1 Å². The molecular formula is C30H38N4O4. The number of phenolic OH excluding ortho intramolecular Hbond substituents is 1. The second-order valence-electron chi connectivity index (χ2n) is 8.99. The minimum Gasteiger partial charge on any atom is -0.505 e. The van der Waals surface area contributed by atoms with Crippen LogP contribution < -0.4 is 11.1 Å². The Hall–Kier alpha value is -4.46. The van der Waals surface area contributed by atoms with E-state index in [1.165, 1.54) is 25.5 Å². The van der Waals surface area contributed by atoms with Crippen LogP contribution in [-0.4, -0.2) is 41.4 Å². The van der Waals surface area contributed by atoms with Crippen LogP contribution in [0.3, 0.4) is 0 Å². The summed E-state index contributed by atoms with van der Waals surface area (Å²) in [6.07, 6.45) is 2.94. The van der Waals surface area contributed by atoms with Crippen LogP contribution in [0.1, 0.15) is 48.4 Å². The van der Waals surface area contributed by atoms with Crippen molar-refractivity contribution in [2.45, 2.75) is 46.5 Å². The maximum absolute atomic E-state index is 9.94. The van der Waals surface area contributed by atoms with Gasteiger partial charge in [0.1, 0.15) is 11.5 Å². The highest BCUT2D eigenvalue weighted by atomic mass is 16.3. The van der Waals surface area contributed by atoms with Crippen molar-refractivity contribution >= 4 is 35.6 Å². The lowest BCUT2D eigenvalue weighted by Gasteiger charge is -2.09. The maximum atomic E-state index is 9.94. The number of nitrogen functional groups attached to an aromatic ring is 1. The number of nitrogens with one attached hydrogen (secondary N) is 3. The lowest BCUT2D eigenvalue weighted by molar-refractivity contribution is -0.122. The van der Waals surface area contributed by atoms with E-state index in [0.717, 1.165) is 28.2 Å². The van der Waals surface area contributed by atoms with Gasteiger partial charge in [-0.15, -0.1) is 0 Å². The molecule has 38 heavy (non-hydrogen) atoms. The van der Waals surface area contributed by atoms with Crippen molar-refractivity contribution in [2.24, 2.45) is 0 Å². The minimum atomic E-state index is -0.250. The second-order valence-corrected chi connectivity index (χ2v) is 8.99. The largest absolute Gasteiger partial charge is 0.505 e. The van der Waals surface area contributed by atoms with E-state index in [1.54, 1.807) is 17.2 Å². The average Bonchev–Trinajstić information content (AvgIpc) is 3.26. The molecule has 0 saturated carbocycles. The number of aryl methyl sites for hydroxylation is 3. The Morgan fingerprint density at radius 1 is 1.05 bits per heavy atom. The van der Waals surface area contributed by atoms with E-state index in [1.807, 2.05) is 51.2 Å². The van der Waals surface area contributed by atoms with Gasteiger partial charge in [-0.25, -0.2) is 0 Å². The van der Waals surface area contributed by atoms with Gasteiger partial charge in [0.25, 0.3) is 6.47 Å². The molecule has 1 aliphatic carbocycles. The fourth-order valence-corrected chi connectivity index (χ4v) is 3.89. The summed E-state index contributed by atoms with van der Waals surface area (Å²) in [6, 6.07) is 18.4. The highest BCUT2D eigenvalue weighted by Crippen LogP contribution is 2.35. The number of carboxylic acid groups (broad SMARTS) is 1. The molecule has 0 heterocycles. The fourth-order valence-electron chi connectivity index (χ4n) is 3.89. The van der Waals surface area contributed by atoms with Gasteiger partial charge in [0.05, 0.1) is 11.4 Å². The Morgan fingerprint density at radius 3 is 2.24 bits per heavy atom. The molecule has 202 valence electrons. The van der Waals surface area contributed by atoms with E-state index in [9.17, 15) is 9.90 Å². The number of aldehydes is 1. The number of fused-ring (bicyclic) bond motifs is 1. The maximum Gasteiger partial charge on any atom is 0.290 e. The van der Waals surface area contributed by atoms with Gasteiger partial charge >= 0.3 is 0 Å². The summed E-state index contributed by atoms with van der Waals surface area (Å²) in [5, 5.41) is 33.3. The first-order chi connectivity index (χ1) is 18.0. The molecule has 7 N–H and O–H groups in total. The topological polar surface area (TPSA) is 160 Å². The van der Waals surface area contributed by atoms with Crippen molar-refractivity contribution in [3.63, 3.8) is 0 Å². The molecule has 0 aliphatic heterocycles. The third-order valence-electron chi connectivity index (χ3n) is 5.95. The van der Waals surface area contributed by atoms with Gasteiger partial charge in [0.15, 0.2) is 6.29 Å². The first-order valence-electron chi connectivity index (χ1n) is 12.1.